The lowest BCUT2D eigenvalue weighted by Crippen LogP contribution is -2.58. The number of para-hydroxylation sites is 1. The summed E-state index contributed by atoms with van der Waals surface area (Å²) in [5.41, 5.74) is 1.91. The van der Waals surface area contributed by atoms with Crippen LogP contribution in [0.4, 0.5) is 10.8 Å². The molecule has 3 aromatic rings. The fraction of sp³-hybridized carbons (Fsp3) is 0.273. The van der Waals surface area contributed by atoms with Gasteiger partial charge in [0.25, 0.3) is 0 Å². The van der Waals surface area contributed by atoms with Crippen LogP contribution in [0, 0.1) is 0 Å². The van der Waals surface area contributed by atoms with E-state index in [1.165, 1.54) is 0 Å². The Balaban J connectivity index is 1.26. The van der Waals surface area contributed by atoms with Gasteiger partial charge in [0.2, 0.25) is 12.1 Å². The molecule has 158 valence electrons. The molecule has 2 aromatic carbocycles. The SMILES string of the molecule is C[C@H]1CN(C2N=CC=NC2Oc2ccc(Nc3nc4ccccc4s3)cc2)CC(=O)N1. The van der Waals surface area contributed by atoms with E-state index in [2.05, 4.69) is 31.7 Å². The van der Waals surface area contributed by atoms with Crippen LogP contribution in [0.1, 0.15) is 6.92 Å². The van der Waals surface area contributed by atoms with Gasteiger partial charge in [0, 0.05) is 30.7 Å². The molecule has 0 aliphatic carbocycles. The van der Waals surface area contributed by atoms with E-state index in [4.69, 9.17) is 4.74 Å². The molecule has 0 bridgehead atoms. The number of aromatic nitrogens is 1. The van der Waals surface area contributed by atoms with Crippen molar-refractivity contribution in [2.75, 3.05) is 18.4 Å². The summed E-state index contributed by atoms with van der Waals surface area (Å²) in [5, 5.41) is 7.11. The van der Waals surface area contributed by atoms with Gasteiger partial charge in [0.1, 0.15) is 5.75 Å². The lowest BCUT2D eigenvalue weighted by Gasteiger charge is -2.37. The average molecular weight is 435 g/mol. The first-order chi connectivity index (χ1) is 15.1. The van der Waals surface area contributed by atoms with Crippen molar-refractivity contribution in [3.63, 3.8) is 0 Å². The standard InChI is InChI=1S/C22H22N6O2S/c1-14-12-28(13-19(29)25-14)20-21(24-11-10-23-20)30-16-8-6-15(7-9-16)26-22-27-17-4-2-3-5-18(17)31-22/h2-11,14,20-21H,12-13H2,1H3,(H,25,29)(H,26,27)/t14-,20?,21?/m0/s1. The third-order valence-electron chi connectivity index (χ3n) is 5.09. The highest BCUT2D eigenvalue weighted by Crippen LogP contribution is 2.29. The van der Waals surface area contributed by atoms with E-state index in [-0.39, 0.29) is 24.7 Å². The molecule has 1 amide bonds. The van der Waals surface area contributed by atoms with Crippen LogP contribution >= 0.6 is 11.3 Å². The molecular weight excluding hydrogens is 412 g/mol. The number of rotatable bonds is 5. The van der Waals surface area contributed by atoms with Gasteiger partial charge in [-0.2, -0.15) is 0 Å². The summed E-state index contributed by atoms with van der Waals surface area (Å²) in [4.78, 5) is 27.5. The van der Waals surface area contributed by atoms with Gasteiger partial charge < -0.3 is 15.4 Å². The Bertz CT molecular complexity index is 1110. The number of aliphatic imine (C=N–C) groups is 2. The minimum absolute atomic E-state index is 0.00692. The molecule has 1 saturated heterocycles. The van der Waals surface area contributed by atoms with Crippen LogP contribution in [0.5, 0.6) is 5.75 Å². The zero-order valence-corrected chi connectivity index (χ0v) is 17.7. The van der Waals surface area contributed by atoms with Crippen molar-refractivity contribution in [1.82, 2.24) is 15.2 Å². The van der Waals surface area contributed by atoms with Crippen molar-refractivity contribution in [2.45, 2.75) is 25.4 Å². The number of carbonyl (C=O) groups is 1. The summed E-state index contributed by atoms with van der Waals surface area (Å²) in [5.74, 6) is 0.682. The van der Waals surface area contributed by atoms with Crippen LogP contribution in [0.2, 0.25) is 0 Å². The summed E-state index contributed by atoms with van der Waals surface area (Å²) < 4.78 is 7.26. The van der Waals surface area contributed by atoms with Gasteiger partial charge in [-0.15, -0.1) is 0 Å². The normalized spacial score (nSPS) is 23.6. The van der Waals surface area contributed by atoms with Gasteiger partial charge in [-0.25, -0.2) is 9.98 Å². The van der Waals surface area contributed by atoms with Gasteiger partial charge in [-0.05, 0) is 43.3 Å². The van der Waals surface area contributed by atoms with Crippen LogP contribution in [0.3, 0.4) is 0 Å². The molecule has 2 aliphatic rings. The maximum absolute atomic E-state index is 11.9. The van der Waals surface area contributed by atoms with Crippen LogP contribution in [-0.2, 0) is 4.79 Å². The zero-order chi connectivity index (χ0) is 21.2. The number of nitrogens with one attached hydrogen (secondary N) is 2. The van der Waals surface area contributed by atoms with Crippen molar-refractivity contribution >= 4 is 50.7 Å². The fourth-order valence-corrected chi connectivity index (χ4v) is 4.63. The average Bonchev–Trinajstić information content (AvgIpc) is 3.17. The lowest BCUT2D eigenvalue weighted by molar-refractivity contribution is -0.126. The van der Waals surface area contributed by atoms with Crippen LogP contribution < -0.4 is 15.4 Å². The Hall–Kier alpha value is -3.30. The number of amides is 1. The van der Waals surface area contributed by atoms with Crippen molar-refractivity contribution < 1.29 is 9.53 Å². The molecule has 2 aliphatic heterocycles. The van der Waals surface area contributed by atoms with Gasteiger partial charge in [0.15, 0.2) is 11.3 Å². The number of fused-ring (bicyclic) bond motifs is 1. The number of hydrogen-bond acceptors (Lipinski definition) is 8. The van der Waals surface area contributed by atoms with Gasteiger partial charge in [0.05, 0.1) is 16.8 Å². The predicted octanol–water partition coefficient (Wildman–Crippen LogP) is 3.05. The molecule has 9 heteroatoms. The van der Waals surface area contributed by atoms with E-state index < -0.39 is 6.23 Å². The molecule has 2 unspecified atom stereocenters. The number of ether oxygens (including phenoxy) is 1. The number of nitrogens with zero attached hydrogens (tertiary/aromatic N) is 4. The maximum atomic E-state index is 11.9. The number of thiazole rings is 1. The highest BCUT2D eigenvalue weighted by molar-refractivity contribution is 7.22. The zero-order valence-electron chi connectivity index (χ0n) is 16.9. The molecule has 2 N–H and O–H groups in total. The topological polar surface area (TPSA) is 91.2 Å². The second-order valence-electron chi connectivity index (χ2n) is 7.55. The largest absolute Gasteiger partial charge is 0.465 e. The molecule has 3 heterocycles. The fourth-order valence-electron chi connectivity index (χ4n) is 3.74. The van der Waals surface area contributed by atoms with E-state index in [1.807, 2.05) is 54.3 Å². The Morgan fingerprint density at radius 1 is 1.13 bits per heavy atom. The summed E-state index contributed by atoms with van der Waals surface area (Å²) >= 11 is 1.61. The van der Waals surface area contributed by atoms with Crippen molar-refractivity contribution in [1.29, 1.82) is 0 Å². The summed E-state index contributed by atoms with van der Waals surface area (Å²) in [6, 6.07) is 15.8. The Labute approximate surface area is 183 Å². The van der Waals surface area contributed by atoms with Gasteiger partial charge >= 0.3 is 0 Å². The number of benzene rings is 2. The molecule has 8 nitrogen and oxygen atoms in total. The van der Waals surface area contributed by atoms with Crippen molar-refractivity contribution in [3.05, 3.63) is 48.5 Å². The first-order valence-corrected chi connectivity index (χ1v) is 10.9. The number of anilines is 2. The molecule has 0 radical (unpaired) electrons. The van der Waals surface area contributed by atoms with Crippen LogP contribution in [-0.4, -0.2) is 59.7 Å². The van der Waals surface area contributed by atoms with E-state index in [9.17, 15) is 4.79 Å². The first-order valence-electron chi connectivity index (χ1n) is 10.1. The summed E-state index contributed by atoms with van der Waals surface area (Å²) in [6.45, 7) is 2.97. The smallest absolute Gasteiger partial charge is 0.234 e. The van der Waals surface area contributed by atoms with Crippen molar-refractivity contribution in [3.8, 4) is 5.75 Å². The predicted molar refractivity (Wildman–Crippen MR) is 124 cm³/mol. The summed E-state index contributed by atoms with van der Waals surface area (Å²) in [6.07, 6.45) is 2.45. The van der Waals surface area contributed by atoms with Gasteiger partial charge in [-0.1, -0.05) is 23.5 Å². The number of hydrogen-bond donors (Lipinski definition) is 2. The second-order valence-corrected chi connectivity index (χ2v) is 8.58. The maximum Gasteiger partial charge on any atom is 0.234 e. The second kappa shape index (κ2) is 8.44. The number of piperazine rings is 1. The minimum Gasteiger partial charge on any atom is -0.465 e. The quantitative estimate of drug-likeness (QED) is 0.644. The molecule has 3 atom stereocenters. The van der Waals surface area contributed by atoms with E-state index >= 15 is 0 Å². The van der Waals surface area contributed by atoms with Gasteiger partial charge in [-0.3, -0.25) is 14.7 Å². The molecule has 1 aromatic heterocycles. The molecule has 0 spiro atoms. The van der Waals surface area contributed by atoms with E-state index in [0.717, 1.165) is 21.0 Å². The van der Waals surface area contributed by atoms with Crippen LogP contribution in [0.25, 0.3) is 10.2 Å². The first kappa shape index (κ1) is 19.7. The van der Waals surface area contributed by atoms with E-state index in [0.29, 0.717) is 12.3 Å². The number of carbonyl (C=O) groups excluding carboxylic acids is 1. The monoisotopic (exact) mass is 434 g/mol. The van der Waals surface area contributed by atoms with Crippen LogP contribution in [0.15, 0.2) is 58.5 Å². The third-order valence-corrected chi connectivity index (χ3v) is 6.04. The summed E-state index contributed by atoms with van der Waals surface area (Å²) in [7, 11) is 0. The Kier molecular flexibility index (Phi) is 5.35. The van der Waals surface area contributed by atoms with Crippen molar-refractivity contribution in [2.24, 2.45) is 9.98 Å². The lowest BCUT2D eigenvalue weighted by atomic mass is 10.2. The third kappa shape index (κ3) is 4.42. The van der Waals surface area contributed by atoms with E-state index in [1.54, 1.807) is 23.8 Å². The Morgan fingerprint density at radius 2 is 1.94 bits per heavy atom. The molecule has 31 heavy (non-hydrogen) atoms. The highest BCUT2D eigenvalue weighted by Gasteiger charge is 2.34. The molecule has 5 rings (SSSR count). The molecule has 1 fully saturated rings. The molecular formula is C22H22N6O2S. The minimum atomic E-state index is -0.508. The molecule has 0 saturated carbocycles. The highest BCUT2D eigenvalue weighted by atomic mass is 32.1. The Morgan fingerprint density at radius 3 is 2.74 bits per heavy atom.